The van der Waals surface area contributed by atoms with Crippen LogP contribution in [0.2, 0.25) is 0 Å². The number of hydrogen-bond donors (Lipinski definition) is 3. The SMILES string of the molecule is COC1=C(CO)C(=O)O/C1=C1/OC2=CC[C@@H]3CC[C@](O)([C@@H]4C=CC[C@H](C)C4)[C@@H]4CCC[C@@H]([C@H]2[C@@H]1CO)N34. The summed E-state index contributed by atoms with van der Waals surface area (Å²) in [5, 5.41) is 32.6. The largest absolute Gasteiger partial charge is 0.492 e. The highest BCUT2D eigenvalue weighted by atomic mass is 16.6. The summed E-state index contributed by atoms with van der Waals surface area (Å²) in [6, 6.07) is 0.500. The summed E-state index contributed by atoms with van der Waals surface area (Å²) in [4.78, 5) is 15.0. The quantitative estimate of drug-likeness (QED) is 0.389. The number of carbonyl (C=O) groups is 1. The summed E-state index contributed by atoms with van der Waals surface area (Å²) in [7, 11) is 1.43. The number of allylic oxidation sites excluding steroid dienone is 1. The van der Waals surface area contributed by atoms with Gasteiger partial charge in [0.15, 0.2) is 11.5 Å². The van der Waals surface area contributed by atoms with E-state index in [4.69, 9.17) is 14.2 Å². The first-order valence-electron chi connectivity index (χ1n) is 13.9. The van der Waals surface area contributed by atoms with Gasteiger partial charge in [0.25, 0.3) is 0 Å². The van der Waals surface area contributed by atoms with Crippen molar-refractivity contribution in [2.45, 2.75) is 82.0 Å². The first-order chi connectivity index (χ1) is 17.9. The molecule has 3 saturated heterocycles. The Morgan fingerprint density at radius 1 is 1.19 bits per heavy atom. The Hall–Kier alpha value is -2.13. The van der Waals surface area contributed by atoms with Crippen molar-refractivity contribution in [1.82, 2.24) is 4.90 Å². The van der Waals surface area contributed by atoms with Crippen LogP contribution in [0.4, 0.5) is 0 Å². The van der Waals surface area contributed by atoms with Gasteiger partial charge in [-0.1, -0.05) is 25.5 Å². The molecule has 0 aromatic rings. The van der Waals surface area contributed by atoms with Gasteiger partial charge in [0.1, 0.15) is 11.3 Å². The van der Waals surface area contributed by atoms with E-state index in [2.05, 4.69) is 30.1 Å². The van der Waals surface area contributed by atoms with Crippen LogP contribution in [-0.2, 0) is 19.0 Å². The molecule has 37 heavy (non-hydrogen) atoms. The van der Waals surface area contributed by atoms with Crippen LogP contribution in [0.15, 0.2) is 46.8 Å². The number of cyclic esters (lactones) is 1. The molecule has 0 spiro atoms. The third-order valence-electron chi connectivity index (χ3n) is 9.84. The number of nitrogens with zero attached hydrogens (tertiary/aromatic N) is 1. The van der Waals surface area contributed by atoms with E-state index in [-0.39, 0.29) is 47.6 Å². The summed E-state index contributed by atoms with van der Waals surface area (Å²) >= 11 is 0. The van der Waals surface area contributed by atoms with E-state index in [1.807, 2.05) is 0 Å². The molecule has 5 heterocycles. The van der Waals surface area contributed by atoms with Crippen LogP contribution >= 0.6 is 0 Å². The molecule has 3 N–H and O–H groups in total. The van der Waals surface area contributed by atoms with Crippen molar-refractivity contribution < 1.29 is 34.3 Å². The smallest absolute Gasteiger partial charge is 0.345 e. The van der Waals surface area contributed by atoms with Crippen LogP contribution in [0.3, 0.4) is 0 Å². The summed E-state index contributed by atoms with van der Waals surface area (Å²) in [5.41, 5.74) is -0.705. The number of carbonyl (C=O) groups excluding carboxylic acids is 1. The fraction of sp³-hybridized carbons (Fsp3) is 0.690. The zero-order valence-electron chi connectivity index (χ0n) is 21.8. The second-order valence-electron chi connectivity index (χ2n) is 11.8. The second kappa shape index (κ2) is 9.56. The molecule has 0 saturated carbocycles. The lowest BCUT2D eigenvalue weighted by Gasteiger charge is -2.59. The topological polar surface area (TPSA) is 109 Å². The number of rotatable bonds is 4. The van der Waals surface area contributed by atoms with Crippen LogP contribution in [0.1, 0.15) is 58.3 Å². The van der Waals surface area contributed by atoms with Crippen molar-refractivity contribution in [3.8, 4) is 0 Å². The highest BCUT2D eigenvalue weighted by Gasteiger charge is 2.58. The third-order valence-corrected chi connectivity index (χ3v) is 9.84. The van der Waals surface area contributed by atoms with Crippen molar-refractivity contribution in [1.29, 1.82) is 0 Å². The molecule has 8 atom stereocenters. The molecule has 8 heteroatoms. The summed E-state index contributed by atoms with van der Waals surface area (Å²) in [6.07, 6.45) is 14.2. The number of aliphatic hydroxyl groups is 3. The van der Waals surface area contributed by atoms with Crippen LogP contribution in [0, 0.1) is 23.7 Å². The van der Waals surface area contributed by atoms with E-state index in [0.717, 1.165) is 57.1 Å². The number of fused-ring (bicyclic) bond motifs is 2. The van der Waals surface area contributed by atoms with Crippen LogP contribution in [0.5, 0.6) is 0 Å². The van der Waals surface area contributed by atoms with E-state index >= 15 is 0 Å². The Morgan fingerprint density at radius 2 is 2.03 bits per heavy atom. The molecule has 0 aromatic carbocycles. The zero-order chi connectivity index (χ0) is 25.9. The monoisotopic (exact) mass is 513 g/mol. The number of esters is 1. The Labute approximate surface area is 218 Å². The highest BCUT2D eigenvalue weighted by Crippen LogP contribution is 2.54. The minimum Gasteiger partial charge on any atom is -0.492 e. The van der Waals surface area contributed by atoms with Crippen molar-refractivity contribution in [2.75, 3.05) is 20.3 Å². The Kier molecular flexibility index (Phi) is 6.50. The zero-order valence-corrected chi connectivity index (χ0v) is 21.8. The van der Waals surface area contributed by atoms with Gasteiger partial charge in [-0.05, 0) is 56.9 Å². The van der Waals surface area contributed by atoms with E-state index in [1.165, 1.54) is 7.11 Å². The highest BCUT2D eigenvalue weighted by molar-refractivity contribution is 5.94. The molecule has 6 rings (SSSR count). The molecule has 6 aliphatic rings. The predicted molar refractivity (Wildman–Crippen MR) is 134 cm³/mol. The maximum absolute atomic E-state index is 12.4. The van der Waals surface area contributed by atoms with Crippen molar-refractivity contribution in [3.05, 3.63) is 46.8 Å². The van der Waals surface area contributed by atoms with Gasteiger partial charge in [-0.15, -0.1) is 0 Å². The number of piperidine rings is 2. The van der Waals surface area contributed by atoms with Crippen LogP contribution < -0.4 is 0 Å². The van der Waals surface area contributed by atoms with Crippen LogP contribution in [0.25, 0.3) is 0 Å². The average molecular weight is 514 g/mol. The lowest BCUT2D eigenvalue weighted by Crippen LogP contribution is -2.68. The summed E-state index contributed by atoms with van der Waals surface area (Å²) in [6.45, 7) is 1.60. The maximum atomic E-state index is 12.4. The summed E-state index contributed by atoms with van der Waals surface area (Å²) < 4.78 is 17.3. The van der Waals surface area contributed by atoms with Gasteiger partial charge in [-0.2, -0.15) is 0 Å². The molecule has 0 aromatic heterocycles. The summed E-state index contributed by atoms with van der Waals surface area (Å²) in [5.74, 6) is 1.08. The van der Waals surface area contributed by atoms with E-state index in [0.29, 0.717) is 17.7 Å². The van der Waals surface area contributed by atoms with Crippen molar-refractivity contribution in [3.63, 3.8) is 0 Å². The standard InChI is InChI=1S/C29H39NO7/c1-16-5-3-6-17(13-16)29(34)12-11-18-9-10-22-24(21-7-4-8-23(29)30(18)21)19(14-31)26(36-22)27-25(35-2)20(15-32)28(33)37-27/h3,6,10,16-19,21,23-24,31-32,34H,4-5,7-9,11-15H2,1-2H3/b27-26+/t16-,17+,18+,19-,21-,23-,24+,29-/m0/s1. The van der Waals surface area contributed by atoms with E-state index < -0.39 is 24.1 Å². The minimum atomic E-state index is -0.761. The van der Waals surface area contributed by atoms with E-state index in [1.54, 1.807) is 0 Å². The van der Waals surface area contributed by atoms with Crippen molar-refractivity contribution >= 4 is 5.97 Å². The molecule has 0 unspecified atom stereocenters. The number of hydrogen-bond acceptors (Lipinski definition) is 8. The molecule has 1 aliphatic carbocycles. The third kappa shape index (κ3) is 3.82. The molecule has 0 amide bonds. The molecular weight excluding hydrogens is 474 g/mol. The number of methoxy groups -OCH3 is 1. The number of ether oxygens (including phenoxy) is 3. The fourth-order valence-electron chi connectivity index (χ4n) is 8.16. The molecule has 0 radical (unpaired) electrons. The maximum Gasteiger partial charge on any atom is 0.345 e. The number of aliphatic hydroxyl groups excluding tert-OH is 2. The second-order valence-corrected chi connectivity index (χ2v) is 11.8. The minimum absolute atomic E-state index is 0.0556. The van der Waals surface area contributed by atoms with Gasteiger partial charge in [0, 0.05) is 30.0 Å². The first kappa shape index (κ1) is 25.2. The Morgan fingerprint density at radius 3 is 2.76 bits per heavy atom. The molecule has 8 nitrogen and oxygen atoms in total. The van der Waals surface area contributed by atoms with E-state index in [9.17, 15) is 20.1 Å². The predicted octanol–water partition coefficient (Wildman–Crippen LogP) is 2.91. The average Bonchev–Trinajstić information content (AvgIpc) is 3.39. The fourth-order valence-corrected chi connectivity index (χ4v) is 8.16. The first-order valence-corrected chi connectivity index (χ1v) is 13.9. The Balaban J connectivity index is 1.38. The van der Waals surface area contributed by atoms with Gasteiger partial charge in [-0.25, -0.2) is 4.79 Å². The molecule has 202 valence electrons. The molecule has 0 bridgehead atoms. The van der Waals surface area contributed by atoms with Gasteiger partial charge >= 0.3 is 5.97 Å². The lowest BCUT2D eigenvalue weighted by atomic mass is 9.65. The molecular formula is C29H39NO7. The van der Waals surface area contributed by atoms with Gasteiger partial charge < -0.3 is 29.5 Å². The molecule has 5 aliphatic heterocycles. The van der Waals surface area contributed by atoms with Gasteiger partial charge in [0.05, 0.1) is 31.8 Å². The van der Waals surface area contributed by atoms with Crippen LogP contribution in [-0.4, -0.2) is 70.2 Å². The Bertz CT molecular complexity index is 1080. The lowest BCUT2D eigenvalue weighted by molar-refractivity contribution is -0.161. The van der Waals surface area contributed by atoms with Gasteiger partial charge in [0.2, 0.25) is 5.76 Å². The molecule has 3 fully saturated rings. The normalized spacial score (nSPS) is 43.5. The van der Waals surface area contributed by atoms with Crippen molar-refractivity contribution in [2.24, 2.45) is 23.7 Å². The van der Waals surface area contributed by atoms with Gasteiger partial charge in [-0.3, -0.25) is 4.90 Å².